The zero-order chi connectivity index (χ0) is 25.7. The number of anilines is 2. The van der Waals surface area contributed by atoms with Crippen LogP contribution >= 0.6 is 11.6 Å². The number of rotatable bonds is 9. The minimum atomic E-state index is -0.387. The largest absolute Gasteiger partial charge is 0.493 e. The molecule has 0 unspecified atom stereocenters. The number of hydrogen-bond donors (Lipinski definition) is 2. The minimum Gasteiger partial charge on any atom is -0.493 e. The Labute approximate surface area is 214 Å². The van der Waals surface area contributed by atoms with E-state index in [1.165, 1.54) is 12.4 Å². The summed E-state index contributed by atoms with van der Waals surface area (Å²) in [5.74, 6) is 1.19. The third kappa shape index (κ3) is 5.68. The van der Waals surface area contributed by atoms with Gasteiger partial charge in [0.1, 0.15) is 18.2 Å². The van der Waals surface area contributed by atoms with Crippen LogP contribution in [-0.2, 0) is 16.0 Å². The van der Waals surface area contributed by atoms with Gasteiger partial charge in [0.15, 0.2) is 11.5 Å². The third-order valence-electron chi connectivity index (χ3n) is 6.13. The van der Waals surface area contributed by atoms with Crippen LogP contribution in [0.2, 0.25) is 5.02 Å². The Kier molecular flexibility index (Phi) is 7.90. The smallest absolute Gasteiger partial charge is 0.245 e. The molecule has 0 bridgehead atoms. The summed E-state index contributed by atoms with van der Waals surface area (Å²) >= 11 is 6.50. The van der Waals surface area contributed by atoms with E-state index in [4.69, 9.17) is 26.8 Å². The molecule has 3 N–H and O–H groups in total. The number of likely N-dealkylation sites (tertiary alicyclic amines) is 1. The Bertz CT molecular complexity index is 1290. The van der Waals surface area contributed by atoms with Crippen LogP contribution in [0.25, 0.3) is 10.9 Å². The van der Waals surface area contributed by atoms with Crippen molar-refractivity contribution in [3.63, 3.8) is 0 Å². The summed E-state index contributed by atoms with van der Waals surface area (Å²) in [6.45, 7) is 4.75. The molecule has 10 heteroatoms. The van der Waals surface area contributed by atoms with Gasteiger partial charge in [-0.1, -0.05) is 30.3 Å². The second-order valence-corrected chi connectivity index (χ2v) is 8.86. The van der Waals surface area contributed by atoms with Crippen LogP contribution in [0.15, 0.2) is 49.3 Å². The number of nitrogens with two attached hydrogens (primary N) is 1. The molecule has 1 fully saturated rings. The highest BCUT2D eigenvalue weighted by atomic mass is 35.5. The van der Waals surface area contributed by atoms with Crippen LogP contribution in [0.4, 0.5) is 11.5 Å². The molecule has 36 heavy (non-hydrogen) atoms. The number of aromatic nitrogens is 2. The van der Waals surface area contributed by atoms with E-state index in [1.807, 2.05) is 18.2 Å². The normalized spacial score (nSPS) is 13.9. The van der Waals surface area contributed by atoms with Gasteiger partial charge in [-0.05, 0) is 30.2 Å². The highest BCUT2D eigenvalue weighted by Crippen LogP contribution is 2.37. The van der Waals surface area contributed by atoms with E-state index < -0.39 is 0 Å². The molecular weight excluding hydrogens is 482 g/mol. The van der Waals surface area contributed by atoms with Gasteiger partial charge >= 0.3 is 0 Å². The maximum Gasteiger partial charge on any atom is 0.245 e. The number of methoxy groups -OCH3 is 1. The summed E-state index contributed by atoms with van der Waals surface area (Å²) < 4.78 is 11.9. The van der Waals surface area contributed by atoms with Crippen molar-refractivity contribution in [1.29, 1.82) is 0 Å². The minimum absolute atomic E-state index is 0.0700. The zero-order valence-corrected chi connectivity index (χ0v) is 20.8. The van der Waals surface area contributed by atoms with E-state index >= 15 is 0 Å². The number of piperidine rings is 1. The van der Waals surface area contributed by atoms with Crippen molar-refractivity contribution < 1.29 is 19.1 Å². The van der Waals surface area contributed by atoms with Gasteiger partial charge in [-0.25, -0.2) is 9.97 Å². The quantitative estimate of drug-likeness (QED) is 0.418. The number of carbonyl (C=O) groups is 2. The molecule has 2 amide bonds. The second kappa shape index (κ2) is 11.3. The number of fused-ring (bicyclic) bond motifs is 1. The number of carbonyl (C=O) groups excluding carboxylic acids is 2. The summed E-state index contributed by atoms with van der Waals surface area (Å²) in [7, 11) is 1.58. The SMILES string of the molecule is C=CC(=O)N1CCC(Oc2cc3c(Nc4c(Cl)cccc4CCC(N)=O)ncnc3cc2OC)CC1. The van der Waals surface area contributed by atoms with Crippen LogP contribution in [0, 0.1) is 0 Å². The van der Waals surface area contributed by atoms with Gasteiger partial charge in [0.2, 0.25) is 11.8 Å². The number of aryl methyl sites for hydroxylation is 1. The number of benzene rings is 2. The fourth-order valence-corrected chi connectivity index (χ4v) is 4.45. The first-order chi connectivity index (χ1) is 17.4. The van der Waals surface area contributed by atoms with E-state index in [1.54, 1.807) is 24.1 Å². The van der Waals surface area contributed by atoms with Crippen molar-refractivity contribution in [3.8, 4) is 11.5 Å². The maximum atomic E-state index is 11.9. The monoisotopic (exact) mass is 509 g/mol. The summed E-state index contributed by atoms with van der Waals surface area (Å²) in [6, 6.07) is 9.13. The van der Waals surface area contributed by atoms with E-state index in [0.29, 0.717) is 71.3 Å². The van der Waals surface area contributed by atoms with Crippen LogP contribution in [0.1, 0.15) is 24.8 Å². The van der Waals surface area contributed by atoms with Crippen LogP contribution in [0.3, 0.4) is 0 Å². The van der Waals surface area contributed by atoms with E-state index in [0.717, 1.165) is 5.56 Å². The number of hydrogen-bond acceptors (Lipinski definition) is 7. The molecule has 1 aliphatic heterocycles. The van der Waals surface area contributed by atoms with Gasteiger partial charge in [0, 0.05) is 43.8 Å². The summed E-state index contributed by atoms with van der Waals surface area (Å²) in [5, 5.41) is 4.53. The van der Waals surface area contributed by atoms with Crippen molar-refractivity contribution in [2.75, 3.05) is 25.5 Å². The Morgan fingerprint density at radius 2 is 2.03 bits per heavy atom. The van der Waals surface area contributed by atoms with Crippen LogP contribution in [-0.4, -0.2) is 53.0 Å². The van der Waals surface area contributed by atoms with Crippen molar-refractivity contribution in [3.05, 3.63) is 59.9 Å². The van der Waals surface area contributed by atoms with Gasteiger partial charge in [-0.15, -0.1) is 0 Å². The number of ether oxygens (including phenoxy) is 2. The van der Waals surface area contributed by atoms with Gasteiger partial charge in [-0.3, -0.25) is 9.59 Å². The molecule has 188 valence electrons. The molecule has 2 heterocycles. The Morgan fingerprint density at radius 3 is 2.72 bits per heavy atom. The van der Waals surface area contributed by atoms with E-state index in [2.05, 4.69) is 21.9 Å². The number of halogens is 1. The summed E-state index contributed by atoms with van der Waals surface area (Å²) in [4.78, 5) is 33.8. The molecule has 2 aromatic carbocycles. The molecule has 0 aliphatic carbocycles. The standard InChI is InChI=1S/C26H28ClN5O4/c1-3-24(34)32-11-9-17(10-12-32)36-22-13-18-20(14-21(22)35-2)29-15-30-26(18)31-25-16(7-8-23(28)33)5-4-6-19(25)27/h3-6,13-15,17H,1,7-12H2,2H3,(H2,28,33)(H,29,30,31). The van der Waals surface area contributed by atoms with Crippen molar-refractivity contribution in [2.45, 2.75) is 31.8 Å². The van der Waals surface area contributed by atoms with Gasteiger partial charge in [0.05, 0.1) is 23.3 Å². The predicted molar refractivity (Wildman–Crippen MR) is 139 cm³/mol. The zero-order valence-electron chi connectivity index (χ0n) is 20.0. The first-order valence-electron chi connectivity index (χ1n) is 11.6. The Morgan fingerprint density at radius 1 is 1.25 bits per heavy atom. The summed E-state index contributed by atoms with van der Waals surface area (Å²) in [5.41, 5.74) is 7.50. The molecule has 9 nitrogen and oxygen atoms in total. The van der Waals surface area contributed by atoms with E-state index in [9.17, 15) is 9.59 Å². The molecule has 1 aliphatic rings. The summed E-state index contributed by atoms with van der Waals surface area (Å²) in [6.07, 6.45) is 4.75. The number of para-hydroxylation sites is 1. The fraction of sp³-hybridized carbons (Fsp3) is 0.308. The lowest BCUT2D eigenvalue weighted by Gasteiger charge is -2.31. The molecular formula is C26H28ClN5O4. The molecule has 0 spiro atoms. The number of amides is 2. The Hall–Kier alpha value is -3.85. The molecule has 3 aromatic rings. The first-order valence-corrected chi connectivity index (χ1v) is 12.0. The lowest BCUT2D eigenvalue weighted by atomic mass is 10.1. The van der Waals surface area contributed by atoms with Crippen molar-refractivity contribution >= 4 is 45.8 Å². The highest BCUT2D eigenvalue weighted by Gasteiger charge is 2.24. The lowest BCUT2D eigenvalue weighted by molar-refractivity contribution is -0.127. The predicted octanol–water partition coefficient (Wildman–Crippen LogP) is 4.01. The fourth-order valence-electron chi connectivity index (χ4n) is 4.21. The number of nitrogens with one attached hydrogen (secondary N) is 1. The van der Waals surface area contributed by atoms with Crippen LogP contribution < -0.4 is 20.5 Å². The lowest BCUT2D eigenvalue weighted by Crippen LogP contribution is -2.41. The average molecular weight is 510 g/mol. The number of nitrogens with zero attached hydrogens (tertiary/aromatic N) is 3. The van der Waals surface area contributed by atoms with Crippen molar-refractivity contribution in [1.82, 2.24) is 14.9 Å². The van der Waals surface area contributed by atoms with Crippen molar-refractivity contribution in [2.24, 2.45) is 5.73 Å². The van der Waals surface area contributed by atoms with Crippen LogP contribution in [0.5, 0.6) is 11.5 Å². The molecule has 0 atom stereocenters. The van der Waals surface area contributed by atoms with Gasteiger partial charge in [-0.2, -0.15) is 0 Å². The first kappa shape index (κ1) is 25.2. The highest BCUT2D eigenvalue weighted by molar-refractivity contribution is 6.33. The molecule has 0 saturated carbocycles. The maximum absolute atomic E-state index is 11.9. The molecule has 4 rings (SSSR count). The Balaban J connectivity index is 1.63. The van der Waals surface area contributed by atoms with Gasteiger partial charge in [0.25, 0.3) is 0 Å². The van der Waals surface area contributed by atoms with Gasteiger partial charge < -0.3 is 25.4 Å². The number of primary amides is 1. The average Bonchev–Trinajstić information content (AvgIpc) is 2.88. The second-order valence-electron chi connectivity index (χ2n) is 8.45. The molecule has 1 saturated heterocycles. The van der Waals surface area contributed by atoms with E-state index in [-0.39, 0.29) is 24.3 Å². The molecule has 0 radical (unpaired) electrons. The topological polar surface area (TPSA) is 120 Å². The molecule has 1 aromatic heterocycles. The third-order valence-corrected chi connectivity index (χ3v) is 6.44.